The van der Waals surface area contributed by atoms with E-state index >= 15 is 0 Å². The van der Waals surface area contributed by atoms with Crippen LogP contribution < -0.4 is 5.56 Å². The Labute approximate surface area is 142 Å². The van der Waals surface area contributed by atoms with Gasteiger partial charge in [-0.15, -0.1) is 6.58 Å². The Morgan fingerprint density at radius 3 is 2.83 bits per heavy atom. The highest BCUT2D eigenvalue weighted by molar-refractivity contribution is 7.73. The average molecular weight is 350 g/mol. The Morgan fingerprint density at radius 2 is 2.13 bits per heavy atom. The van der Waals surface area contributed by atoms with Crippen LogP contribution in [0.4, 0.5) is 0 Å². The van der Waals surface area contributed by atoms with Gasteiger partial charge in [0.1, 0.15) is 17.6 Å². The molecule has 0 N–H and O–H groups in total. The van der Waals surface area contributed by atoms with E-state index < -0.39 is 0 Å². The van der Waals surface area contributed by atoms with Gasteiger partial charge < -0.3 is 9.47 Å². The molecule has 23 heavy (non-hydrogen) atoms. The fourth-order valence-electron chi connectivity index (χ4n) is 2.76. The Kier molecular flexibility index (Phi) is 4.72. The van der Waals surface area contributed by atoms with Crippen LogP contribution in [0, 0.1) is 3.95 Å². The SMILES string of the molecule is C=CCn1c(=S)sc2c(=O)n(CC(=O)N3CCCCC3)cnc21. The summed E-state index contributed by atoms with van der Waals surface area (Å²) in [5, 5.41) is 0. The van der Waals surface area contributed by atoms with Gasteiger partial charge in [0.15, 0.2) is 9.60 Å². The quantitative estimate of drug-likeness (QED) is 0.626. The molecule has 0 unspecified atom stereocenters. The minimum absolute atomic E-state index is 0.0259. The zero-order valence-corrected chi connectivity index (χ0v) is 14.4. The molecule has 0 atom stereocenters. The molecule has 0 aromatic carbocycles. The van der Waals surface area contributed by atoms with E-state index in [1.807, 2.05) is 4.90 Å². The number of amides is 1. The normalized spacial score (nSPS) is 15.0. The molecule has 1 aliphatic rings. The van der Waals surface area contributed by atoms with E-state index in [2.05, 4.69) is 11.6 Å². The van der Waals surface area contributed by atoms with Crippen molar-refractivity contribution >= 4 is 39.8 Å². The lowest BCUT2D eigenvalue weighted by Crippen LogP contribution is -2.39. The number of rotatable bonds is 4. The van der Waals surface area contributed by atoms with Gasteiger partial charge in [0.2, 0.25) is 5.91 Å². The molecule has 1 saturated heterocycles. The highest BCUT2D eigenvalue weighted by atomic mass is 32.1. The van der Waals surface area contributed by atoms with Crippen LogP contribution >= 0.6 is 23.6 Å². The first-order valence-electron chi connectivity index (χ1n) is 7.59. The van der Waals surface area contributed by atoms with Gasteiger partial charge in [0.25, 0.3) is 5.56 Å². The molecule has 0 spiro atoms. The lowest BCUT2D eigenvalue weighted by molar-refractivity contribution is -0.132. The van der Waals surface area contributed by atoms with Crippen LogP contribution in [0.2, 0.25) is 0 Å². The number of fused-ring (bicyclic) bond motifs is 1. The molecular weight excluding hydrogens is 332 g/mol. The molecule has 1 fully saturated rings. The standard InChI is InChI=1S/C15H18N4O2S2/c1-2-6-19-13-12(23-15(19)22)14(21)18(10-16-13)9-11(20)17-7-4-3-5-8-17/h2,10H,1,3-9H2. The van der Waals surface area contributed by atoms with Gasteiger partial charge in [-0.05, 0) is 31.5 Å². The third-order valence-electron chi connectivity index (χ3n) is 3.97. The minimum Gasteiger partial charge on any atom is -0.341 e. The van der Waals surface area contributed by atoms with E-state index in [9.17, 15) is 9.59 Å². The van der Waals surface area contributed by atoms with Crippen LogP contribution in [0.25, 0.3) is 10.3 Å². The van der Waals surface area contributed by atoms with E-state index in [4.69, 9.17) is 12.2 Å². The Morgan fingerprint density at radius 1 is 1.39 bits per heavy atom. The second kappa shape index (κ2) is 6.76. The predicted molar refractivity (Wildman–Crippen MR) is 93.3 cm³/mol. The van der Waals surface area contributed by atoms with Gasteiger partial charge in [-0.2, -0.15) is 0 Å². The van der Waals surface area contributed by atoms with E-state index in [0.29, 0.717) is 20.8 Å². The number of nitrogens with zero attached hydrogens (tertiary/aromatic N) is 4. The largest absolute Gasteiger partial charge is 0.341 e. The number of piperidine rings is 1. The third kappa shape index (κ3) is 3.13. The lowest BCUT2D eigenvalue weighted by Gasteiger charge is -2.26. The summed E-state index contributed by atoms with van der Waals surface area (Å²) in [5.74, 6) is -0.0259. The van der Waals surface area contributed by atoms with Gasteiger partial charge in [0, 0.05) is 19.6 Å². The number of likely N-dealkylation sites (tertiary alicyclic amines) is 1. The first-order valence-corrected chi connectivity index (χ1v) is 8.81. The maximum Gasteiger partial charge on any atom is 0.273 e. The summed E-state index contributed by atoms with van der Waals surface area (Å²) in [6, 6.07) is 0. The first-order chi connectivity index (χ1) is 11.1. The van der Waals surface area contributed by atoms with Crippen molar-refractivity contribution in [3.05, 3.63) is 33.3 Å². The lowest BCUT2D eigenvalue weighted by atomic mass is 10.1. The van der Waals surface area contributed by atoms with E-state index in [-0.39, 0.29) is 18.0 Å². The predicted octanol–water partition coefficient (Wildman–Crippen LogP) is 2.19. The van der Waals surface area contributed by atoms with Crippen LogP contribution in [0.3, 0.4) is 0 Å². The third-order valence-corrected chi connectivity index (χ3v) is 5.40. The van der Waals surface area contributed by atoms with Crippen LogP contribution in [0.5, 0.6) is 0 Å². The first kappa shape index (κ1) is 16.1. The fraction of sp³-hybridized carbons (Fsp3) is 0.467. The molecule has 8 heteroatoms. The topological polar surface area (TPSA) is 60.1 Å². The molecule has 122 valence electrons. The van der Waals surface area contributed by atoms with Gasteiger partial charge >= 0.3 is 0 Å². The number of hydrogen-bond donors (Lipinski definition) is 0. The number of thiazole rings is 1. The van der Waals surface area contributed by atoms with Crippen molar-refractivity contribution in [1.82, 2.24) is 19.0 Å². The zero-order valence-electron chi connectivity index (χ0n) is 12.7. The van der Waals surface area contributed by atoms with Crippen LogP contribution in [0.15, 0.2) is 23.8 Å². The summed E-state index contributed by atoms with van der Waals surface area (Å²) >= 11 is 6.51. The Hall–Kier alpha value is -1.80. The second-order valence-corrected chi connectivity index (χ2v) is 7.18. The number of carbonyl (C=O) groups excluding carboxylic acids is 1. The van der Waals surface area contributed by atoms with Gasteiger partial charge in [-0.1, -0.05) is 17.4 Å². The van der Waals surface area contributed by atoms with Crippen molar-refractivity contribution < 1.29 is 4.79 Å². The summed E-state index contributed by atoms with van der Waals surface area (Å²) in [6.07, 6.45) is 6.38. The van der Waals surface area contributed by atoms with E-state index in [0.717, 1.165) is 32.4 Å². The van der Waals surface area contributed by atoms with Crippen molar-refractivity contribution in [1.29, 1.82) is 0 Å². The summed E-state index contributed by atoms with van der Waals surface area (Å²) in [7, 11) is 0. The molecule has 2 aromatic rings. The van der Waals surface area contributed by atoms with Crippen LogP contribution in [-0.2, 0) is 17.9 Å². The number of aromatic nitrogens is 3. The smallest absolute Gasteiger partial charge is 0.273 e. The molecule has 3 heterocycles. The van der Waals surface area contributed by atoms with Gasteiger partial charge in [-0.25, -0.2) is 4.98 Å². The molecule has 1 amide bonds. The summed E-state index contributed by atoms with van der Waals surface area (Å²) in [4.78, 5) is 31.1. The number of carbonyl (C=O) groups is 1. The summed E-state index contributed by atoms with van der Waals surface area (Å²) in [5.41, 5.74) is 0.353. The molecule has 0 saturated carbocycles. The summed E-state index contributed by atoms with van der Waals surface area (Å²) < 4.78 is 4.24. The fourth-order valence-corrected chi connectivity index (χ4v) is 4.08. The molecule has 2 aromatic heterocycles. The van der Waals surface area contributed by atoms with Crippen molar-refractivity contribution in [3.8, 4) is 0 Å². The maximum absolute atomic E-state index is 12.6. The van der Waals surface area contributed by atoms with Crippen molar-refractivity contribution in [2.75, 3.05) is 13.1 Å². The number of hydrogen-bond acceptors (Lipinski definition) is 5. The Balaban J connectivity index is 1.92. The van der Waals surface area contributed by atoms with Crippen molar-refractivity contribution in [2.45, 2.75) is 32.4 Å². The van der Waals surface area contributed by atoms with Crippen molar-refractivity contribution in [2.24, 2.45) is 0 Å². The average Bonchev–Trinajstić information content (AvgIpc) is 2.88. The van der Waals surface area contributed by atoms with Crippen molar-refractivity contribution in [3.63, 3.8) is 0 Å². The monoisotopic (exact) mass is 350 g/mol. The molecule has 0 bridgehead atoms. The molecule has 0 radical (unpaired) electrons. The highest BCUT2D eigenvalue weighted by Crippen LogP contribution is 2.17. The van der Waals surface area contributed by atoms with E-state index in [1.165, 1.54) is 22.2 Å². The van der Waals surface area contributed by atoms with Crippen LogP contribution in [-0.4, -0.2) is 38.0 Å². The zero-order chi connectivity index (χ0) is 16.4. The molecule has 3 rings (SSSR count). The second-order valence-electron chi connectivity index (χ2n) is 5.54. The van der Waals surface area contributed by atoms with Gasteiger partial charge in [0.05, 0.1) is 0 Å². The highest BCUT2D eigenvalue weighted by Gasteiger charge is 2.18. The molecule has 1 aliphatic heterocycles. The van der Waals surface area contributed by atoms with E-state index in [1.54, 1.807) is 10.6 Å². The Bertz CT molecular complexity index is 858. The van der Waals surface area contributed by atoms with Crippen LogP contribution in [0.1, 0.15) is 19.3 Å². The maximum atomic E-state index is 12.6. The molecular formula is C15H18N4O2S2. The van der Waals surface area contributed by atoms with Gasteiger partial charge in [-0.3, -0.25) is 14.2 Å². The minimum atomic E-state index is -0.209. The number of allylic oxidation sites excluding steroid dienone is 1. The molecule has 6 nitrogen and oxygen atoms in total. The molecule has 0 aliphatic carbocycles. The summed E-state index contributed by atoms with van der Waals surface area (Å²) in [6.45, 7) is 5.79.